The zero-order valence-electron chi connectivity index (χ0n) is 8.99. The van der Waals surface area contributed by atoms with E-state index >= 15 is 0 Å². The summed E-state index contributed by atoms with van der Waals surface area (Å²) in [4.78, 5) is 0. The van der Waals surface area contributed by atoms with Crippen molar-refractivity contribution in [2.75, 3.05) is 0 Å². The van der Waals surface area contributed by atoms with Gasteiger partial charge in [0.1, 0.15) is 5.75 Å². The smallest absolute Gasteiger partial charge is 0.123 e. The van der Waals surface area contributed by atoms with Gasteiger partial charge in [-0.2, -0.15) is 0 Å². The van der Waals surface area contributed by atoms with E-state index in [2.05, 4.69) is 19.9 Å². The summed E-state index contributed by atoms with van der Waals surface area (Å²) in [6.07, 6.45) is 0. The van der Waals surface area contributed by atoms with Gasteiger partial charge in [0.2, 0.25) is 0 Å². The lowest BCUT2D eigenvalue weighted by Gasteiger charge is -2.09. The summed E-state index contributed by atoms with van der Waals surface area (Å²) in [6, 6.07) is 13.6. The molecule has 0 saturated heterocycles. The summed E-state index contributed by atoms with van der Waals surface area (Å²) in [7, 11) is 0. The highest BCUT2D eigenvalue weighted by atomic mass is 16.3. The van der Waals surface area contributed by atoms with Crippen LogP contribution in [0.4, 0.5) is 0 Å². The van der Waals surface area contributed by atoms with Gasteiger partial charge in [-0.3, -0.25) is 0 Å². The van der Waals surface area contributed by atoms with Crippen LogP contribution in [0.2, 0.25) is 0 Å². The Bertz CT molecular complexity index is 486. The Labute approximate surface area is 90.0 Å². The van der Waals surface area contributed by atoms with Crippen molar-refractivity contribution in [2.24, 2.45) is 0 Å². The van der Waals surface area contributed by atoms with Gasteiger partial charge in [-0.1, -0.05) is 36.4 Å². The van der Waals surface area contributed by atoms with Gasteiger partial charge in [0.05, 0.1) is 0 Å². The Morgan fingerprint density at radius 1 is 0.800 bits per heavy atom. The van der Waals surface area contributed by atoms with Crippen LogP contribution in [0, 0.1) is 13.8 Å². The molecule has 0 saturated carbocycles. The average molecular weight is 198 g/mol. The zero-order valence-corrected chi connectivity index (χ0v) is 8.99. The van der Waals surface area contributed by atoms with Crippen LogP contribution in [0.1, 0.15) is 11.1 Å². The molecule has 2 aromatic carbocycles. The quantitative estimate of drug-likeness (QED) is 0.741. The fourth-order valence-electron chi connectivity index (χ4n) is 1.74. The number of hydrogen-bond acceptors (Lipinski definition) is 1. The molecule has 0 unspecified atom stereocenters. The first-order valence-electron chi connectivity index (χ1n) is 5.04. The number of para-hydroxylation sites is 1. The second-order valence-electron chi connectivity index (χ2n) is 3.76. The molecule has 0 heterocycles. The molecule has 2 aromatic rings. The second-order valence-corrected chi connectivity index (χ2v) is 3.76. The third-order valence-electron chi connectivity index (χ3n) is 2.80. The van der Waals surface area contributed by atoms with Gasteiger partial charge in [-0.15, -0.1) is 0 Å². The molecule has 0 bridgehead atoms. The highest BCUT2D eigenvalue weighted by Crippen LogP contribution is 2.31. The van der Waals surface area contributed by atoms with Gasteiger partial charge in [0, 0.05) is 5.56 Å². The molecule has 0 spiro atoms. The first-order valence-corrected chi connectivity index (χ1v) is 5.04. The highest BCUT2D eigenvalue weighted by molar-refractivity contribution is 5.73. The molecule has 1 heteroatoms. The Kier molecular flexibility index (Phi) is 2.46. The number of aromatic hydroxyl groups is 1. The Morgan fingerprint density at radius 3 is 2.20 bits per heavy atom. The first-order chi connectivity index (χ1) is 7.20. The van der Waals surface area contributed by atoms with Gasteiger partial charge < -0.3 is 5.11 Å². The van der Waals surface area contributed by atoms with E-state index in [0.29, 0.717) is 5.75 Å². The van der Waals surface area contributed by atoms with Crippen molar-refractivity contribution in [1.29, 1.82) is 0 Å². The van der Waals surface area contributed by atoms with E-state index < -0.39 is 0 Å². The fourth-order valence-corrected chi connectivity index (χ4v) is 1.74. The van der Waals surface area contributed by atoms with Gasteiger partial charge >= 0.3 is 0 Å². The van der Waals surface area contributed by atoms with Crippen LogP contribution in [-0.4, -0.2) is 5.11 Å². The SMILES string of the molecule is Cc1cccc(-c2ccccc2O)c1C. The molecule has 15 heavy (non-hydrogen) atoms. The van der Waals surface area contributed by atoms with Crippen molar-refractivity contribution < 1.29 is 5.11 Å². The van der Waals surface area contributed by atoms with Gasteiger partial charge in [-0.25, -0.2) is 0 Å². The van der Waals surface area contributed by atoms with E-state index in [1.807, 2.05) is 30.3 Å². The summed E-state index contributed by atoms with van der Waals surface area (Å²) in [5, 5.41) is 9.78. The molecule has 2 rings (SSSR count). The highest BCUT2D eigenvalue weighted by Gasteiger charge is 2.06. The monoisotopic (exact) mass is 198 g/mol. The van der Waals surface area contributed by atoms with Crippen LogP contribution >= 0.6 is 0 Å². The molecule has 76 valence electrons. The largest absolute Gasteiger partial charge is 0.507 e. The minimum absolute atomic E-state index is 0.339. The molecule has 0 aliphatic heterocycles. The topological polar surface area (TPSA) is 20.2 Å². The predicted octanol–water partition coefficient (Wildman–Crippen LogP) is 3.68. The number of benzene rings is 2. The van der Waals surface area contributed by atoms with Crippen molar-refractivity contribution in [2.45, 2.75) is 13.8 Å². The van der Waals surface area contributed by atoms with Crippen LogP contribution < -0.4 is 0 Å². The van der Waals surface area contributed by atoms with Crippen molar-refractivity contribution in [3.05, 3.63) is 53.6 Å². The molecule has 0 atom stereocenters. The lowest BCUT2D eigenvalue weighted by atomic mass is 9.96. The van der Waals surface area contributed by atoms with Crippen molar-refractivity contribution >= 4 is 0 Å². The third kappa shape index (κ3) is 1.73. The van der Waals surface area contributed by atoms with Gasteiger partial charge in [0.15, 0.2) is 0 Å². The summed E-state index contributed by atoms with van der Waals surface area (Å²) in [6.45, 7) is 4.16. The lowest BCUT2D eigenvalue weighted by Crippen LogP contribution is -1.86. The molecule has 0 aliphatic carbocycles. The summed E-state index contributed by atoms with van der Waals surface area (Å²) < 4.78 is 0. The zero-order chi connectivity index (χ0) is 10.8. The standard InChI is InChI=1S/C14H14O/c1-10-6-5-8-12(11(10)2)13-7-3-4-9-14(13)15/h3-9,15H,1-2H3. The molecule has 0 fully saturated rings. The van der Waals surface area contributed by atoms with Crippen LogP contribution in [0.3, 0.4) is 0 Å². The average Bonchev–Trinajstić information content (AvgIpc) is 2.23. The van der Waals surface area contributed by atoms with Gasteiger partial charge in [0.25, 0.3) is 0 Å². The Morgan fingerprint density at radius 2 is 1.47 bits per heavy atom. The molecular weight excluding hydrogens is 184 g/mol. The predicted molar refractivity (Wildman–Crippen MR) is 63.0 cm³/mol. The van der Waals surface area contributed by atoms with Crippen LogP contribution in [0.5, 0.6) is 5.75 Å². The van der Waals surface area contributed by atoms with E-state index in [-0.39, 0.29) is 0 Å². The Hall–Kier alpha value is -1.76. The summed E-state index contributed by atoms with van der Waals surface area (Å²) in [5.74, 6) is 0.339. The van der Waals surface area contributed by atoms with E-state index in [9.17, 15) is 5.11 Å². The number of rotatable bonds is 1. The number of phenols is 1. The van der Waals surface area contributed by atoms with Crippen LogP contribution in [0.15, 0.2) is 42.5 Å². The van der Waals surface area contributed by atoms with E-state index in [4.69, 9.17) is 0 Å². The molecular formula is C14H14O. The maximum atomic E-state index is 9.78. The minimum atomic E-state index is 0.339. The number of aryl methyl sites for hydroxylation is 1. The van der Waals surface area contributed by atoms with E-state index in [1.165, 1.54) is 11.1 Å². The van der Waals surface area contributed by atoms with Gasteiger partial charge in [-0.05, 0) is 36.6 Å². The first kappa shape index (κ1) is 9.78. The molecule has 1 nitrogen and oxygen atoms in total. The maximum absolute atomic E-state index is 9.78. The molecule has 0 radical (unpaired) electrons. The summed E-state index contributed by atoms with van der Waals surface area (Å²) in [5.41, 5.74) is 4.47. The van der Waals surface area contributed by atoms with Crippen molar-refractivity contribution in [3.63, 3.8) is 0 Å². The molecule has 0 aliphatic rings. The minimum Gasteiger partial charge on any atom is -0.507 e. The number of hydrogen-bond donors (Lipinski definition) is 1. The Balaban J connectivity index is 2.65. The molecule has 0 amide bonds. The normalized spacial score (nSPS) is 10.3. The molecule has 0 aromatic heterocycles. The maximum Gasteiger partial charge on any atom is 0.123 e. The van der Waals surface area contributed by atoms with Crippen LogP contribution in [0.25, 0.3) is 11.1 Å². The van der Waals surface area contributed by atoms with Crippen molar-refractivity contribution in [1.82, 2.24) is 0 Å². The second kappa shape index (κ2) is 3.77. The molecule has 1 N–H and O–H groups in total. The van der Waals surface area contributed by atoms with E-state index in [1.54, 1.807) is 6.07 Å². The summed E-state index contributed by atoms with van der Waals surface area (Å²) >= 11 is 0. The lowest BCUT2D eigenvalue weighted by molar-refractivity contribution is 0.477. The third-order valence-corrected chi connectivity index (χ3v) is 2.80. The number of phenolic OH excluding ortho intramolecular Hbond substituents is 1. The van der Waals surface area contributed by atoms with Crippen LogP contribution in [-0.2, 0) is 0 Å². The van der Waals surface area contributed by atoms with E-state index in [0.717, 1.165) is 11.1 Å². The fraction of sp³-hybridized carbons (Fsp3) is 0.143. The van der Waals surface area contributed by atoms with Crippen molar-refractivity contribution in [3.8, 4) is 16.9 Å².